The van der Waals surface area contributed by atoms with Crippen LogP contribution in [0.25, 0.3) is 21.5 Å². The van der Waals surface area contributed by atoms with E-state index in [4.69, 9.17) is 0 Å². The summed E-state index contributed by atoms with van der Waals surface area (Å²) in [6, 6.07) is 19.2. The summed E-state index contributed by atoms with van der Waals surface area (Å²) in [5.41, 5.74) is 4.40. The molecule has 9 heteroatoms. The van der Waals surface area contributed by atoms with Crippen molar-refractivity contribution < 1.29 is 25.9 Å². The average molecular weight is 1340 g/mol. The Hall–Kier alpha value is -1.21. The largest absolute Gasteiger partial charge is 2.00 e. The third kappa shape index (κ3) is 38.3. The fourth-order valence-electron chi connectivity index (χ4n) is 12.8. The fraction of sp³-hybridized carbons (Fsp3) is 0.737. The average Bonchev–Trinajstić information content (AvgIpc) is 3.63. The van der Waals surface area contributed by atoms with Crippen molar-refractivity contribution in [2.24, 2.45) is 0 Å². The number of fused-ring (bicyclic) bond motifs is 2. The van der Waals surface area contributed by atoms with E-state index in [1.54, 1.807) is 24.3 Å². The summed E-state index contributed by atoms with van der Waals surface area (Å²) < 4.78 is 72.2. The fourth-order valence-corrected chi connectivity index (χ4v) is 13.9. The van der Waals surface area contributed by atoms with E-state index in [9.17, 15) is 25.9 Å². The summed E-state index contributed by atoms with van der Waals surface area (Å²) in [6.45, 7) is 9.08. The Morgan fingerprint density at radius 3 is 0.635 bits per heavy atom. The van der Waals surface area contributed by atoms with Crippen molar-refractivity contribution >= 4 is 90.7 Å². The number of aryl methyl sites for hydroxylation is 4. The Kier molecular flexibility index (Phi) is 49.3. The SMILES string of the molecule is CCCCCCCCCCCCCCc1cc(S(=O)(=O)[O-])cc2c(CCCCCCCCCCCCCC)cccc12.CCCCCCCCCCCCCCc1cc(S(=O)(=O)[O-])cc2c(CCCCCCCCCCCCCC)cccc12.[Ba+2]. The summed E-state index contributed by atoms with van der Waals surface area (Å²) in [5, 5.41) is 4.18. The Morgan fingerprint density at radius 2 is 0.435 bits per heavy atom. The Labute approximate surface area is 565 Å². The molecule has 0 aliphatic carbocycles. The van der Waals surface area contributed by atoms with Gasteiger partial charge in [0.15, 0.2) is 0 Å². The normalized spacial score (nSPS) is 11.8. The maximum atomic E-state index is 12.0. The van der Waals surface area contributed by atoms with Crippen molar-refractivity contribution in [3.63, 3.8) is 0 Å². The van der Waals surface area contributed by atoms with Crippen LogP contribution in [0, 0.1) is 0 Å². The van der Waals surface area contributed by atoms with Crippen LogP contribution in [-0.2, 0) is 45.9 Å². The minimum atomic E-state index is -4.49. The monoisotopic (exact) mass is 1340 g/mol. The van der Waals surface area contributed by atoms with Gasteiger partial charge in [-0.3, -0.25) is 0 Å². The van der Waals surface area contributed by atoms with Crippen molar-refractivity contribution in [1.29, 1.82) is 0 Å². The molecule has 0 fully saturated rings. The minimum absolute atomic E-state index is 0. The topological polar surface area (TPSA) is 114 Å². The van der Waals surface area contributed by atoms with E-state index in [0.29, 0.717) is 0 Å². The first kappa shape index (κ1) is 79.9. The standard InChI is InChI=1S/2C38H64O3S.Ba/c2*1-3-5-7-9-11-13-15-17-19-21-23-25-28-34-30-27-31-37-35(32-36(33-38(34)37)42(39,40)41)29-26-24-22-20-18-16-14-12-10-8-6-4-2;/h2*27,30-33H,3-26,28-29H2,1-2H3,(H,39,40,41);/q;;+2/p-2. The van der Waals surface area contributed by atoms with Crippen molar-refractivity contribution in [2.45, 2.75) is 371 Å². The molecule has 480 valence electrons. The summed E-state index contributed by atoms with van der Waals surface area (Å²) in [5.74, 6) is 0. The molecule has 0 unspecified atom stereocenters. The molecular formula is C76H126BaO6S2. The van der Waals surface area contributed by atoms with Gasteiger partial charge in [-0.25, -0.2) is 16.8 Å². The third-order valence-electron chi connectivity index (χ3n) is 18.1. The summed E-state index contributed by atoms with van der Waals surface area (Å²) in [4.78, 5) is -0.128. The van der Waals surface area contributed by atoms with E-state index in [-0.39, 0.29) is 58.7 Å². The van der Waals surface area contributed by atoms with Gasteiger partial charge in [-0.2, -0.15) is 0 Å². The van der Waals surface area contributed by atoms with Gasteiger partial charge in [0.1, 0.15) is 20.2 Å². The van der Waals surface area contributed by atoms with Gasteiger partial charge in [0.2, 0.25) is 0 Å². The molecule has 4 aromatic carbocycles. The Bertz CT molecular complexity index is 2300. The molecule has 6 nitrogen and oxygen atoms in total. The molecule has 0 aliphatic heterocycles. The van der Waals surface area contributed by atoms with Gasteiger partial charge in [-0.1, -0.05) is 347 Å². The molecule has 0 bridgehead atoms. The molecular weight excluding hydrogens is 1210 g/mol. The molecule has 0 heterocycles. The van der Waals surface area contributed by atoms with Crippen LogP contribution in [0.5, 0.6) is 0 Å². The van der Waals surface area contributed by atoms with Crippen LogP contribution in [0.2, 0.25) is 0 Å². The number of unbranched alkanes of at least 4 members (excludes halogenated alkanes) is 44. The summed E-state index contributed by atoms with van der Waals surface area (Å²) in [7, 11) is -8.97. The van der Waals surface area contributed by atoms with E-state index in [1.807, 2.05) is 0 Å². The molecule has 0 atom stereocenters. The van der Waals surface area contributed by atoms with E-state index >= 15 is 0 Å². The third-order valence-corrected chi connectivity index (χ3v) is 19.7. The van der Waals surface area contributed by atoms with Gasteiger partial charge in [-0.15, -0.1) is 0 Å². The molecule has 0 spiro atoms. The number of rotatable bonds is 54. The summed E-state index contributed by atoms with van der Waals surface area (Å²) in [6.07, 6.45) is 66.5. The first-order valence-electron chi connectivity index (χ1n) is 35.9. The predicted octanol–water partition coefficient (Wildman–Crippen LogP) is 24.1. The second kappa shape index (κ2) is 52.4. The van der Waals surface area contributed by atoms with E-state index < -0.39 is 20.2 Å². The molecule has 85 heavy (non-hydrogen) atoms. The second-order valence-corrected chi connectivity index (χ2v) is 28.4. The molecule has 0 saturated carbocycles. The molecule has 0 saturated heterocycles. The van der Waals surface area contributed by atoms with Crippen molar-refractivity contribution in [3.8, 4) is 0 Å². The zero-order valence-corrected chi connectivity index (χ0v) is 61.6. The van der Waals surface area contributed by atoms with Crippen LogP contribution in [0.15, 0.2) is 70.5 Å². The Morgan fingerprint density at radius 1 is 0.247 bits per heavy atom. The predicted molar refractivity (Wildman–Crippen MR) is 369 cm³/mol. The van der Waals surface area contributed by atoms with Gasteiger partial charge in [-0.05, 0) is 119 Å². The Balaban J connectivity index is 0.000000573. The van der Waals surface area contributed by atoms with Gasteiger partial charge < -0.3 is 9.11 Å². The van der Waals surface area contributed by atoms with Crippen LogP contribution in [-0.4, -0.2) is 74.8 Å². The van der Waals surface area contributed by atoms with E-state index in [1.165, 1.54) is 281 Å². The molecule has 0 amide bonds. The van der Waals surface area contributed by atoms with Crippen LogP contribution in [0.1, 0.15) is 358 Å². The van der Waals surface area contributed by atoms with Gasteiger partial charge in [0, 0.05) is 0 Å². The maximum Gasteiger partial charge on any atom is 2.00 e. The smallest absolute Gasteiger partial charge is 0.744 e. The molecule has 0 aromatic heterocycles. The van der Waals surface area contributed by atoms with Gasteiger partial charge in [0.25, 0.3) is 0 Å². The number of hydrogen-bond acceptors (Lipinski definition) is 6. The first-order chi connectivity index (χ1) is 40.9. The minimum Gasteiger partial charge on any atom is -0.744 e. The second-order valence-electron chi connectivity index (χ2n) is 25.7. The zero-order chi connectivity index (χ0) is 60.6. The van der Waals surface area contributed by atoms with Crippen LogP contribution >= 0.6 is 0 Å². The molecule has 4 aromatic rings. The summed E-state index contributed by atoms with van der Waals surface area (Å²) >= 11 is 0. The number of benzene rings is 4. The van der Waals surface area contributed by atoms with Crippen molar-refractivity contribution in [1.82, 2.24) is 0 Å². The molecule has 0 radical (unpaired) electrons. The quantitative estimate of drug-likeness (QED) is 0.0247. The van der Waals surface area contributed by atoms with Crippen LogP contribution in [0.4, 0.5) is 0 Å². The van der Waals surface area contributed by atoms with Crippen LogP contribution < -0.4 is 0 Å². The first-order valence-corrected chi connectivity index (χ1v) is 38.8. The van der Waals surface area contributed by atoms with Crippen molar-refractivity contribution in [3.05, 3.63) is 82.9 Å². The van der Waals surface area contributed by atoms with Gasteiger partial charge in [0.05, 0.1) is 9.79 Å². The molecule has 0 aliphatic rings. The van der Waals surface area contributed by atoms with E-state index in [2.05, 4.69) is 64.1 Å². The zero-order valence-electron chi connectivity index (χ0n) is 55.5. The van der Waals surface area contributed by atoms with Crippen LogP contribution in [0.3, 0.4) is 0 Å². The molecule has 0 N–H and O–H groups in total. The molecule has 4 rings (SSSR count). The maximum absolute atomic E-state index is 12.0. The van der Waals surface area contributed by atoms with E-state index in [0.717, 1.165) is 96.9 Å². The van der Waals surface area contributed by atoms with Crippen molar-refractivity contribution in [2.75, 3.05) is 0 Å². The van der Waals surface area contributed by atoms with Gasteiger partial charge >= 0.3 is 48.9 Å². The number of hydrogen-bond donors (Lipinski definition) is 0.